The van der Waals surface area contributed by atoms with Crippen molar-refractivity contribution in [1.82, 2.24) is 10.3 Å². The van der Waals surface area contributed by atoms with Gasteiger partial charge in [0.1, 0.15) is 5.25 Å². The predicted octanol–water partition coefficient (Wildman–Crippen LogP) is 5.46. The SMILES string of the molecule is CC(C)c1ccc(S(=O)(=O)C(CNC(=O)c2ccc(Cl)c(Cl)c2)c2cccnc2)cc1. The summed E-state index contributed by atoms with van der Waals surface area (Å²) in [5, 5.41) is 2.28. The molecule has 1 heterocycles. The average Bonchev–Trinajstić information content (AvgIpc) is 2.76. The van der Waals surface area contributed by atoms with Crippen LogP contribution in [-0.2, 0) is 9.84 Å². The van der Waals surface area contributed by atoms with Crippen molar-refractivity contribution in [3.05, 3.63) is 93.7 Å². The van der Waals surface area contributed by atoms with Gasteiger partial charge in [0.2, 0.25) is 0 Å². The third kappa shape index (κ3) is 5.45. The van der Waals surface area contributed by atoms with Gasteiger partial charge >= 0.3 is 0 Å². The van der Waals surface area contributed by atoms with Gasteiger partial charge in [-0.3, -0.25) is 9.78 Å². The lowest BCUT2D eigenvalue weighted by molar-refractivity contribution is 0.0953. The quantitative estimate of drug-likeness (QED) is 0.491. The first-order chi connectivity index (χ1) is 14.7. The highest BCUT2D eigenvalue weighted by Crippen LogP contribution is 2.29. The van der Waals surface area contributed by atoms with E-state index in [9.17, 15) is 13.2 Å². The number of nitrogens with one attached hydrogen (secondary N) is 1. The van der Waals surface area contributed by atoms with Gasteiger partial charge in [-0.25, -0.2) is 8.42 Å². The van der Waals surface area contributed by atoms with E-state index in [0.717, 1.165) is 5.56 Å². The second-order valence-electron chi connectivity index (χ2n) is 7.38. The number of hydrogen-bond acceptors (Lipinski definition) is 4. The van der Waals surface area contributed by atoms with E-state index < -0.39 is 21.0 Å². The summed E-state index contributed by atoms with van der Waals surface area (Å²) in [5.41, 5.74) is 1.83. The Kier molecular flexibility index (Phi) is 7.36. The van der Waals surface area contributed by atoms with Crippen LogP contribution in [0.4, 0.5) is 0 Å². The molecule has 0 fully saturated rings. The van der Waals surface area contributed by atoms with Crippen LogP contribution in [0, 0.1) is 0 Å². The van der Waals surface area contributed by atoms with Crippen LogP contribution in [0.5, 0.6) is 0 Å². The lowest BCUT2D eigenvalue weighted by Crippen LogP contribution is -2.32. The summed E-state index contributed by atoms with van der Waals surface area (Å²) in [6.45, 7) is 3.96. The van der Waals surface area contributed by atoms with Crippen LogP contribution in [0.1, 0.15) is 46.5 Å². The molecule has 3 rings (SSSR count). The largest absolute Gasteiger partial charge is 0.350 e. The minimum atomic E-state index is -3.79. The van der Waals surface area contributed by atoms with Crippen LogP contribution < -0.4 is 5.32 Å². The Bertz CT molecular complexity index is 1170. The van der Waals surface area contributed by atoms with Crippen molar-refractivity contribution in [3.8, 4) is 0 Å². The standard InChI is InChI=1S/C23H22Cl2N2O3S/c1-15(2)16-5-8-19(9-6-16)31(29,30)22(18-4-3-11-26-13-18)14-27-23(28)17-7-10-20(24)21(25)12-17/h3-13,15,22H,14H2,1-2H3,(H,27,28). The van der Waals surface area contributed by atoms with Crippen LogP contribution in [0.3, 0.4) is 0 Å². The number of amides is 1. The Morgan fingerprint density at radius 2 is 1.71 bits per heavy atom. The zero-order chi connectivity index (χ0) is 22.6. The lowest BCUT2D eigenvalue weighted by atomic mass is 10.0. The van der Waals surface area contributed by atoms with Gasteiger partial charge in [0.15, 0.2) is 9.84 Å². The predicted molar refractivity (Wildman–Crippen MR) is 123 cm³/mol. The van der Waals surface area contributed by atoms with Gasteiger partial charge in [-0.05, 0) is 53.4 Å². The number of hydrogen-bond donors (Lipinski definition) is 1. The van der Waals surface area contributed by atoms with Crippen molar-refractivity contribution in [1.29, 1.82) is 0 Å². The van der Waals surface area contributed by atoms with Crippen LogP contribution in [0.25, 0.3) is 0 Å². The van der Waals surface area contributed by atoms with Gasteiger partial charge in [-0.15, -0.1) is 0 Å². The summed E-state index contributed by atoms with van der Waals surface area (Å²) in [6.07, 6.45) is 3.06. The highest BCUT2D eigenvalue weighted by molar-refractivity contribution is 7.91. The maximum atomic E-state index is 13.4. The number of rotatable bonds is 7. The van der Waals surface area contributed by atoms with Gasteiger partial charge in [0.25, 0.3) is 5.91 Å². The minimum Gasteiger partial charge on any atom is -0.350 e. The molecule has 0 aliphatic rings. The fourth-order valence-electron chi connectivity index (χ4n) is 3.10. The number of sulfone groups is 1. The molecule has 31 heavy (non-hydrogen) atoms. The number of halogens is 2. The number of nitrogens with zero attached hydrogens (tertiary/aromatic N) is 1. The topological polar surface area (TPSA) is 76.1 Å². The number of pyridine rings is 1. The Morgan fingerprint density at radius 3 is 2.29 bits per heavy atom. The van der Waals surface area contributed by atoms with E-state index in [-0.39, 0.29) is 27.9 Å². The molecule has 1 N–H and O–H groups in total. The van der Waals surface area contributed by atoms with Crippen molar-refractivity contribution < 1.29 is 13.2 Å². The molecule has 2 aromatic carbocycles. The number of carbonyl (C=O) groups excluding carboxylic acids is 1. The first-order valence-corrected chi connectivity index (χ1v) is 12.0. The summed E-state index contributed by atoms with van der Waals surface area (Å²) >= 11 is 11.9. The maximum absolute atomic E-state index is 13.4. The minimum absolute atomic E-state index is 0.126. The summed E-state index contributed by atoms with van der Waals surface area (Å²) in [7, 11) is -3.79. The van der Waals surface area contributed by atoms with Crippen LogP contribution in [0.2, 0.25) is 10.0 Å². The molecule has 1 amide bonds. The summed E-state index contributed by atoms with van der Waals surface area (Å²) < 4.78 is 26.9. The molecule has 0 aliphatic carbocycles. The van der Waals surface area contributed by atoms with E-state index in [1.807, 2.05) is 26.0 Å². The molecule has 3 aromatic rings. The Balaban J connectivity index is 1.89. The highest BCUT2D eigenvalue weighted by Gasteiger charge is 2.30. The van der Waals surface area contributed by atoms with Gasteiger partial charge < -0.3 is 5.32 Å². The van der Waals surface area contributed by atoms with Crippen molar-refractivity contribution >= 4 is 38.9 Å². The second-order valence-corrected chi connectivity index (χ2v) is 10.3. The third-order valence-electron chi connectivity index (χ3n) is 4.94. The Labute approximate surface area is 192 Å². The Morgan fingerprint density at radius 1 is 1.00 bits per heavy atom. The molecule has 0 saturated carbocycles. The molecule has 1 aromatic heterocycles. The molecule has 0 aliphatic heterocycles. The molecule has 5 nitrogen and oxygen atoms in total. The van der Waals surface area contributed by atoms with Crippen LogP contribution >= 0.6 is 23.2 Å². The van der Waals surface area contributed by atoms with Crippen molar-refractivity contribution in [2.75, 3.05) is 6.54 Å². The molecule has 1 unspecified atom stereocenters. The molecule has 1 atom stereocenters. The van der Waals surface area contributed by atoms with E-state index in [1.54, 1.807) is 30.5 Å². The van der Waals surface area contributed by atoms with Gasteiger partial charge in [0, 0.05) is 24.5 Å². The van der Waals surface area contributed by atoms with Crippen LogP contribution in [-0.4, -0.2) is 25.9 Å². The van der Waals surface area contributed by atoms with Crippen molar-refractivity contribution in [2.45, 2.75) is 29.9 Å². The fraction of sp³-hybridized carbons (Fsp3) is 0.217. The van der Waals surface area contributed by atoms with E-state index in [0.29, 0.717) is 10.6 Å². The third-order valence-corrected chi connectivity index (χ3v) is 7.79. The lowest BCUT2D eigenvalue weighted by Gasteiger charge is -2.19. The number of aromatic nitrogens is 1. The van der Waals surface area contributed by atoms with Crippen LogP contribution in [0.15, 0.2) is 71.9 Å². The second kappa shape index (κ2) is 9.81. The molecular formula is C23H22Cl2N2O3S. The molecule has 8 heteroatoms. The average molecular weight is 477 g/mol. The van der Waals surface area contributed by atoms with E-state index in [1.165, 1.54) is 24.4 Å². The number of carbonyl (C=O) groups is 1. The van der Waals surface area contributed by atoms with Crippen molar-refractivity contribution in [3.63, 3.8) is 0 Å². The summed E-state index contributed by atoms with van der Waals surface area (Å²) in [4.78, 5) is 16.8. The van der Waals surface area contributed by atoms with Gasteiger partial charge in [0.05, 0.1) is 14.9 Å². The van der Waals surface area contributed by atoms with E-state index in [2.05, 4.69) is 10.3 Å². The molecule has 0 saturated heterocycles. The van der Waals surface area contributed by atoms with Crippen molar-refractivity contribution in [2.24, 2.45) is 0 Å². The smallest absolute Gasteiger partial charge is 0.251 e. The first kappa shape index (κ1) is 23.3. The zero-order valence-corrected chi connectivity index (χ0v) is 19.4. The zero-order valence-electron chi connectivity index (χ0n) is 17.0. The highest BCUT2D eigenvalue weighted by atomic mass is 35.5. The molecular weight excluding hydrogens is 455 g/mol. The normalized spacial score (nSPS) is 12.5. The number of benzene rings is 2. The first-order valence-electron chi connectivity index (χ1n) is 9.67. The van der Waals surface area contributed by atoms with E-state index in [4.69, 9.17) is 23.2 Å². The van der Waals surface area contributed by atoms with E-state index >= 15 is 0 Å². The molecule has 0 bridgehead atoms. The fourth-order valence-corrected chi connectivity index (χ4v) is 5.05. The monoisotopic (exact) mass is 476 g/mol. The van der Waals surface area contributed by atoms with Gasteiger partial charge in [-0.1, -0.05) is 55.2 Å². The van der Waals surface area contributed by atoms with Gasteiger partial charge in [-0.2, -0.15) is 0 Å². The molecule has 162 valence electrons. The Hall–Kier alpha value is -2.41. The molecule has 0 radical (unpaired) electrons. The molecule has 0 spiro atoms. The summed E-state index contributed by atoms with van der Waals surface area (Å²) in [6, 6.07) is 14.7. The summed E-state index contributed by atoms with van der Waals surface area (Å²) in [5.74, 6) is -0.158. The maximum Gasteiger partial charge on any atom is 0.251 e.